The molecule has 1 heterocycles. The van der Waals surface area contributed by atoms with Crippen LogP contribution in [0.2, 0.25) is 0 Å². The van der Waals surface area contributed by atoms with Gasteiger partial charge in [0, 0.05) is 23.3 Å². The van der Waals surface area contributed by atoms with Gasteiger partial charge in [-0.2, -0.15) is 0 Å². The average molecular weight is 304 g/mol. The van der Waals surface area contributed by atoms with Crippen LogP contribution in [-0.2, 0) is 4.79 Å². The van der Waals surface area contributed by atoms with Crippen LogP contribution in [0.1, 0.15) is 24.4 Å². The summed E-state index contributed by atoms with van der Waals surface area (Å²) in [5.41, 5.74) is -0.0652. The lowest BCUT2D eigenvalue weighted by Gasteiger charge is -2.28. The van der Waals surface area contributed by atoms with E-state index in [4.69, 9.17) is 0 Å². The fourth-order valence-corrected chi connectivity index (χ4v) is 2.25. The second-order valence-corrected chi connectivity index (χ2v) is 4.52. The Labute approximate surface area is 117 Å². The number of nitro groups is 1. The van der Waals surface area contributed by atoms with Crippen LogP contribution in [0.5, 0.6) is 5.75 Å². The summed E-state index contributed by atoms with van der Waals surface area (Å²) in [6, 6.07) is 2.72. The van der Waals surface area contributed by atoms with E-state index < -0.39 is 35.0 Å². The normalized spacial score (nSPS) is 22.5. The molecular formula is C12H11F3N2O4. The Morgan fingerprint density at radius 1 is 1.33 bits per heavy atom. The smallest absolute Gasteiger partial charge is 0.405 e. The molecule has 1 aliphatic rings. The first-order valence-electron chi connectivity index (χ1n) is 6.05. The van der Waals surface area contributed by atoms with Crippen LogP contribution in [-0.4, -0.2) is 23.2 Å². The van der Waals surface area contributed by atoms with Gasteiger partial charge in [-0.15, -0.1) is 13.2 Å². The quantitative estimate of drug-likeness (QED) is 0.685. The molecule has 1 aromatic carbocycles. The van der Waals surface area contributed by atoms with Crippen molar-refractivity contribution in [2.45, 2.75) is 31.3 Å². The first-order chi connectivity index (χ1) is 9.78. The van der Waals surface area contributed by atoms with E-state index in [0.29, 0.717) is 0 Å². The maximum atomic E-state index is 12.4. The molecule has 0 spiro atoms. The summed E-state index contributed by atoms with van der Waals surface area (Å²) < 4.78 is 41.0. The topological polar surface area (TPSA) is 81.5 Å². The summed E-state index contributed by atoms with van der Waals surface area (Å²) in [4.78, 5) is 21.8. The van der Waals surface area contributed by atoms with Crippen LogP contribution < -0.4 is 10.1 Å². The highest BCUT2D eigenvalue weighted by atomic mass is 19.4. The average Bonchev–Trinajstić information content (AvgIpc) is 2.37. The summed E-state index contributed by atoms with van der Waals surface area (Å²) >= 11 is 0. The van der Waals surface area contributed by atoms with Crippen LogP contribution >= 0.6 is 0 Å². The number of para-hydroxylation sites is 1. The molecule has 0 unspecified atom stereocenters. The largest absolute Gasteiger partial charge is 0.573 e. The van der Waals surface area contributed by atoms with E-state index in [1.54, 1.807) is 0 Å². The molecule has 1 aromatic rings. The van der Waals surface area contributed by atoms with Crippen molar-refractivity contribution in [1.82, 2.24) is 5.32 Å². The summed E-state index contributed by atoms with van der Waals surface area (Å²) in [5.74, 6) is -0.996. The summed E-state index contributed by atoms with van der Waals surface area (Å²) in [6.07, 6.45) is -4.99. The molecule has 1 aliphatic heterocycles. The summed E-state index contributed by atoms with van der Waals surface area (Å²) in [6.45, 7) is 0. The van der Waals surface area contributed by atoms with Crippen molar-refractivity contribution < 1.29 is 27.6 Å². The lowest BCUT2D eigenvalue weighted by molar-refractivity contribution is -0.529. The lowest BCUT2D eigenvalue weighted by atomic mass is 9.92. The van der Waals surface area contributed by atoms with Crippen molar-refractivity contribution in [1.29, 1.82) is 0 Å². The zero-order valence-corrected chi connectivity index (χ0v) is 10.6. The van der Waals surface area contributed by atoms with Crippen LogP contribution in [0.3, 0.4) is 0 Å². The molecule has 0 bridgehead atoms. The summed E-state index contributed by atoms with van der Waals surface area (Å²) in [5, 5.41) is 13.4. The predicted molar refractivity (Wildman–Crippen MR) is 64.0 cm³/mol. The highest BCUT2D eigenvalue weighted by Gasteiger charge is 2.41. The Kier molecular flexibility index (Phi) is 4.01. The van der Waals surface area contributed by atoms with Crippen molar-refractivity contribution in [3.63, 3.8) is 0 Å². The molecular weight excluding hydrogens is 293 g/mol. The van der Waals surface area contributed by atoms with Crippen LogP contribution in [0.15, 0.2) is 24.3 Å². The molecule has 1 amide bonds. The van der Waals surface area contributed by atoms with Crippen molar-refractivity contribution in [3.05, 3.63) is 39.9 Å². The number of nitrogens with zero attached hydrogens (tertiary/aromatic N) is 1. The third-order valence-electron chi connectivity index (χ3n) is 3.12. The minimum Gasteiger partial charge on any atom is -0.405 e. The number of alkyl halides is 3. The maximum Gasteiger partial charge on any atom is 0.573 e. The number of hydrogen-bond acceptors (Lipinski definition) is 4. The van der Waals surface area contributed by atoms with E-state index in [2.05, 4.69) is 10.1 Å². The molecule has 1 fully saturated rings. The van der Waals surface area contributed by atoms with Gasteiger partial charge in [-0.05, 0) is 6.07 Å². The Morgan fingerprint density at radius 2 is 2.00 bits per heavy atom. The molecule has 0 aromatic heterocycles. The van der Waals surface area contributed by atoms with Gasteiger partial charge in [0.05, 0.1) is 0 Å². The molecule has 0 saturated carbocycles. The molecule has 0 radical (unpaired) electrons. The lowest BCUT2D eigenvalue weighted by Crippen LogP contribution is -2.45. The van der Waals surface area contributed by atoms with E-state index in [1.807, 2.05) is 0 Å². The number of rotatable bonds is 3. The second kappa shape index (κ2) is 5.58. The van der Waals surface area contributed by atoms with Gasteiger partial charge >= 0.3 is 6.36 Å². The van der Waals surface area contributed by atoms with E-state index in [0.717, 1.165) is 6.07 Å². The number of carbonyl (C=O) groups excluding carboxylic acids is 1. The van der Waals surface area contributed by atoms with Crippen molar-refractivity contribution in [2.24, 2.45) is 0 Å². The van der Waals surface area contributed by atoms with Crippen molar-refractivity contribution >= 4 is 5.91 Å². The van der Waals surface area contributed by atoms with Gasteiger partial charge in [-0.3, -0.25) is 14.9 Å². The molecule has 1 saturated heterocycles. The van der Waals surface area contributed by atoms with Crippen LogP contribution in [0.25, 0.3) is 0 Å². The minimum atomic E-state index is -4.92. The zero-order chi connectivity index (χ0) is 15.6. The van der Waals surface area contributed by atoms with E-state index in [9.17, 15) is 28.1 Å². The molecule has 2 rings (SSSR count). The Balaban J connectivity index is 2.38. The molecule has 6 nitrogen and oxygen atoms in total. The maximum absolute atomic E-state index is 12.4. The predicted octanol–water partition coefficient (Wildman–Crippen LogP) is 2.18. The monoisotopic (exact) mass is 304 g/mol. The van der Waals surface area contributed by atoms with Gasteiger partial charge in [0.25, 0.3) is 0 Å². The highest BCUT2D eigenvalue weighted by molar-refractivity contribution is 5.77. The number of ether oxygens (including phenoxy) is 1. The third kappa shape index (κ3) is 3.61. The van der Waals surface area contributed by atoms with Gasteiger partial charge in [0.2, 0.25) is 11.9 Å². The summed E-state index contributed by atoms with van der Waals surface area (Å²) in [7, 11) is 0. The van der Waals surface area contributed by atoms with E-state index in [1.165, 1.54) is 18.2 Å². The zero-order valence-electron chi connectivity index (χ0n) is 10.6. The minimum absolute atomic E-state index is 0.0373. The van der Waals surface area contributed by atoms with Gasteiger partial charge in [-0.1, -0.05) is 18.2 Å². The first-order valence-corrected chi connectivity index (χ1v) is 6.05. The number of piperidine rings is 1. The van der Waals surface area contributed by atoms with Crippen LogP contribution in [0, 0.1) is 10.1 Å². The molecule has 2 atom stereocenters. The molecule has 0 aliphatic carbocycles. The molecule has 21 heavy (non-hydrogen) atoms. The molecule has 114 valence electrons. The van der Waals surface area contributed by atoms with Gasteiger partial charge in [0.1, 0.15) is 11.8 Å². The van der Waals surface area contributed by atoms with Gasteiger partial charge < -0.3 is 10.1 Å². The standard InChI is InChI=1S/C12H11F3N2O4/c13-12(14,15)21-9-4-2-1-3-7(9)11-8(17(19)20)5-6-10(18)16-11/h1-4,8,11H,5-6H2,(H,16,18)/t8-,11-/m1/s1. The highest BCUT2D eigenvalue weighted by Crippen LogP contribution is 2.34. The Morgan fingerprint density at radius 3 is 2.62 bits per heavy atom. The number of carbonyl (C=O) groups is 1. The third-order valence-corrected chi connectivity index (χ3v) is 3.12. The Bertz CT molecular complexity index is 562. The second-order valence-electron chi connectivity index (χ2n) is 4.52. The molecule has 9 heteroatoms. The number of halogens is 3. The number of benzene rings is 1. The number of amides is 1. The number of nitrogens with one attached hydrogen (secondary N) is 1. The van der Waals surface area contributed by atoms with Crippen LogP contribution in [0.4, 0.5) is 13.2 Å². The first kappa shape index (κ1) is 15.1. The number of hydrogen-bond donors (Lipinski definition) is 1. The van der Waals surface area contributed by atoms with Gasteiger partial charge in [-0.25, -0.2) is 0 Å². The van der Waals surface area contributed by atoms with Crippen molar-refractivity contribution in [2.75, 3.05) is 0 Å². The fraction of sp³-hybridized carbons (Fsp3) is 0.417. The SMILES string of the molecule is O=C1CC[C@@H]([N+](=O)[O-])[C@@H](c2ccccc2OC(F)(F)F)N1. The van der Waals surface area contributed by atoms with E-state index in [-0.39, 0.29) is 18.4 Å². The fourth-order valence-electron chi connectivity index (χ4n) is 2.25. The Hall–Kier alpha value is -2.32. The molecule has 1 N–H and O–H groups in total. The van der Waals surface area contributed by atoms with Crippen molar-refractivity contribution in [3.8, 4) is 5.75 Å². The van der Waals surface area contributed by atoms with E-state index >= 15 is 0 Å². The van der Waals surface area contributed by atoms with Gasteiger partial charge in [0.15, 0.2) is 0 Å².